The Kier molecular flexibility index (Phi) is 4.99. The predicted octanol–water partition coefficient (Wildman–Crippen LogP) is -0.466. The molecule has 1 aliphatic rings. The zero-order valence-electron chi connectivity index (χ0n) is 11.7. The van der Waals surface area contributed by atoms with Gasteiger partial charge in [0.2, 0.25) is 10.0 Å². The minimum absolute atomic E-state index is 0.00130. The van der Waals surface area contributed by atoms with Crippen molar-refractivity contribution in [1.82, 2.24) is 9.80 Å². The molecule has 2 heterocycles. The van der Waals surface area contributed by atoms with Gasteiger partial charge in [-0.2, -0.15) is 0 Å². The van der Waals surface area contributed by atoms with E-state index in [1.54, 1.807) is 11.8 Å². The molecule has 0 aromatic carbocycles. The lowest BCUT2D eigenvalue weighted by Crippen LogP contribution is -2.50. The van der Waals surface area contributed by atoms with Gasteiger partial charge in [-0.15, -0.1) is 11.3 Å². The summed E-state index contributed by atoms with van der Waals surface area (Å²) in [5.74, 6) is -0.183. The van der Waals surface area contributed by atoms with Gasteiger partial charge in [0.25, 0.3) is 5.91 Å². The van der Waals surface area contributed by atoms with E-state index in [1.807, 2.05) is 0 Å². The van der Waals surface area contributed by atoms with Crippen LogP contribution in [0, 0.1) is 0 Å². The van der Waals surface area contributed by atoms with Crippen molar-refractivity contribution >= 4 is 27.3 Å². The number of carbonyl (C=O) groups excluding carboxylic acids is 1. The predicted molar refractivity (Wildman–Crippen MR) is 79.7 cm³/mol. The van der Waals surface area contributed by atoms with Crippen LogP contribution >= 0.6 is 11.3 Å². The molecule has 1 saturated heterocycles. The van der Waals surface area contributed by atoms with E-state index >= 15 is 0 Å². The van der Waals surface area contributed by atoms with Crippen LogP contribution in [0.5, 0.6) is 0 Å². The molecule has 0 bridgehead atoms. The van der Waals surface area contributed by atoms with Gasteiger partial charge in [0, 0.05) is 38.1 Å². The lowest BCUT2D eigenvalue weighted by Gasteiger charge is -2.35. The maximum absolute atomic E-state index is 12.3. The number of nitrogens with two attached hydrogens (primary N) is 1. The summed E-state index contributed by atoms with van der Waals surface area (Å²) in [6.45, 7) is 4.84. The molecule has 9 heteroatoms. The highest BCUT2D eigenvalue weighted by Crippen LogP contribution is 2.20. The first-order chi connectivity index (χ1) is 9.77. The number of β-amino-alcohol motifs (C(OH)–C–C–N with tert-alkyl or cyclic N) is 1. The number of rotatable bonds is 4. The summed E-state index contributed by atoms with van der Waals surface area (Å²) in [6.07, 6.45) is -0.388. The zero-order chi connectivity index (χ0) is 15.6. The Balaban J connectivity index is 1.97. The van der Waals surface area contributed by atoms with Crippen LogP contribution in [-0.2, 0) is 10.0 Å². The normalized spacial score (nSPS) is 18.7. The smallest absolute Gasteiger partial charge is 0.254 e. The monoisotopic (exact) mass is 333 g/mol. The molecule has 1 fully saturated rings. The van der Waals surface area contributed by atoms with Gasteiger partial charge in [-0.25, -0.2) is 13.6 Å². The number of carbonyl (C=O) groups is 1. The van der Waals surface area contributed by atoms with Gasteiger partial charge < -0.3 is 10.0 Å². The van der Waals surface area contributed by atoms with Crippen molar-refractivity contribution in [3.63, 3.8) is 0 Å². The van der Waals surface area contributed by atoms with Crippen molar-refractivity contribution in [2.45, 2.75) is 17.2 Å². The topological polar surface area (TPSA) is 104 Å². The van der Waals surface area contributed by atoms with Crippen LogP contribution in [0.2, 0.25) is 0 Å². The highest BCUT2D eigenvalue weighted by molar-refractivity contribution is 7.91. The van der Waals surface area contributed by atoms with Gasteiger partial charge >= 0.3 is 0 Å². The number of piperazine rings is 1. The van der Waals surface area contributed by atoms with Crippen LogP contribution in [0.15, 0.2) is 15.7 Å². The summed E-state index contributed by atoms with van der Waals surface area (Å²) < 4.78 is 22.4. The zero-order valence-corrected chi connectivity index (χ0v) is 13.4. The van der Waals surface area contributed by atoms with E-state index in [2.05, 4.69) is 4.90 Å². The Labute approximate surface area is 128 Å². The molecule has 7 nitrogen and oxygen atoms in total. The maximum Gasteiger partial charge on any atom is 0.254 e. The third-order valence-corrected chi connectivity index (χ3v) is 5.67. The van der Waals surface area contributed by atoms with Crippen molar-refractivity contribution < 1.29 is 18.3 Å². The first-order valence-corrected chi connectivity index (χ1v) is 9.01. The molecule has 1 amide bonds. The van der Waals surface area contributed by atoms with Crippen molar-refractivity contribution in [2.75, 3.05) is 32.7 Å². The van der Waals surface area contributed by atoms with Crippen molar-refractivity contribution in [3.8, 4) is 0 Å². The molecule has 1 atom stereocenters. The summed E-state index contributed by atoms with van der Waals surface area (Å²) >= 11 is 0.954. The highest BCUT2D eigenvalue weighted by atomic mass is 32.2. The van der Waals surface area contributed by atoms with Gasteiger partial charge in [-0.1, -0.05) is 0 Å². The van der Waals surface area contributed by atoms with E-state index in [0.717, 1.165) is 11.3 Å². The lowest BCUT2D eigenvalue weighted by molar-refractivity contribution is 0.0554. The summed E-state index contributed by atoms with van der Waals surface area (Å²) in [7, 11) is -3.76. The number of amides is 1. The Morgan fingerprint density at radius 1 is 1.43 bits per heavy atom. The summed E-state index contributed by atoms with van der Waals surface area (Å²) in [5.41, 5.74) is 0.355. The number of aliphatic hydroxyl groups excluding tert-OH is 1. The van der Waals surface area contributed by atoms with Gasteiger partial charge in [-0.05, 0) is 13.0 Å². The maximum atomic E-state index is 12.3. The molecular weight excluding hydrogens is 314 g/mol. The fourth-order valence-electron chi connectivity index (χ4n) is 2.27. The Hall–Kier alpha value is -1.00. The minimum atomic E-state index is -3.76. The lowest BCUT2D eigenvalue weighted by atomic mass is 10.2. The number of aliphatic hydroxyl groups is 1. The van der Waals surface area contributed by atoms with E-state index in [9.17, 15) is 18.3 Å². The molecule has 0 aliphatic carbocycles. The molecular formula is C12H19N3O4S2. The van der Waals surface area contributed by atoms with Crippen molar-refractivity contribution in [2.24, 2.45) is 5.14 Å². The van der Waals surface area contributed by atoms with Crippen LogP contribution in [0.4, 0.5) is 0 Å². The van der Waals surface area contributed by atoms with Crippen LogP contribution in [-0.4, -0.2) is 68.1 Å². The molecule has 0 saturated carbocycles. The molecule has 21 heavy (non-hydrogen) atoms. The van der Waals surface area contributed by atoms with E-state index in [4.69, 9.17) is 5.14 Å². The molecule has 0 radical (unpaired) electrons. The SMILES string of the molecule is C[C@H](O)CN1CCN(C(=O)c2csc(S(N)(=O)=O)c2)CC1. The van der Waals surface area contributed by atoms with Gasteiger partial charge in [-0.3, -0.25) is 9.69 Å². The third kappa shape index (κ3) is 4.24. The average Bonchev–Trinajstić information content (AvgIpc) is 2.87. The molecule has 1 aromatic rings. The second-order valence-corrected chi connectivity index (χ2v) is 7.84. The molecule has 1 aliphatic heterocycles. The number of sulfonamides is 1. The fourth-order valence-corrected chi connectivity index (χ4v) is 3.85. The summed E-state index contributed by atoms with van der Waals surface area (Å²) in [4.78, 5) is 16.1. The Morgan fingerprint density at radius 2 is 2.05 bits per heavy atom. The van der Waals surface area contributed by atoms with Gasteiger partial charge in [0.05, 0.1) is 11.7 Å². The highest BCUT2D eigenvalue weighted by Gasteiger charge is 2.24. The number of thiophene rings is 1. The minimum Gasteiger partial charge on any atom is -0.392 e. The van der Waals surface area contributed by atoms with Crippen LogP contribution < -0.4 is 5.14 Å². The molecule has 1 aromatic heterocycles. The van der Waals surface area contributed by atoms with Crippen molar-refractivity contribution in [1.29, 1.82) is 0 Å². The quantitative estimate of drug-likeness (QED) is 0.775. The first kappa shape index (κ1) is 16.4. The molecule has 0 spiro atoms. The van der Waals surface area contributed by atoms with Gasteiger partial charge in [0.1, 0.15) is 4.21 Å². The number of nitrogens with zero attached hydrogens (tertiary/aromatic N) is 2. The fraction of sp³-hybridized carbons (Fsp3) is 0.583. The molecule has 118 valence electrons. The standard InChI is InChI=1S/C12H19N3O4S2/c1-9(16)7-14-2-4-15(5-3-14)12(17)10-6-11(20-8-10)21(13,18)19/h6,8-9,16H,2-5,7H2,1H3,(H2,13,18,19)/t9-/m0/s1. The number of primary sulfonamides is 1. The second-order valence-electron chi connectivity index (χ2n) is 5.14. The number of hydrogen-bond donors (Lipinski definition) is 2. The third-order valence-electron chi connectivity index (χ3n) is 3.28. The summed E-state index contributed by atoms with van der Waals surface area (Å²) in [6, 6.07) is 1.32. The van der Waals surface area contributed by atoms with Gasteiger partial charge in [0.15, 0.2) is 0 Å². The average molecular weight is 333 g/mol. The molecule has 2 rings (SSSR count). The Bertz CT molecular complexity index is 604. The van der Waals surface area contributed by atoms with E-state index in [1.165, 1.54) is 11.4 Å². The summed E-state index contributed by atoms with van der Waals surface area (Å²) in [5, 5.41) is 15.9. The largest absolute Gasteiger partial charge is 0.392 e. The van der Waals surface area contributed by atoms with Crippen molar-refractivity contribution in [3.05, 3.63) is 17.0 Å². The second kappa shape index (κ2) is 6.41. The van der Waals surface area contributed by atoms with Crippen LogP contribution in [0.3, 0.4) is 0 Å². The Morgan fingerprint density at radius 3 is 2.52 bits per heavy atom. The van der Waals surface area contributed by atoms with E-state index in [0.29, 0.717) is 38.3 Å². The van der Waals surface area contributed by atoms with Crippen LogP contribution in [0.1, 0.15) is 17.3 Å². The number of hydrogen-bond acceptors (Lipinski definition) is 6. The van der Waals surface area contributed by atoms with E-state index < -0.39 is 10.0 Å². The molecule has 0 unspecified atom stereocenters. The van der Waals surface area contributed by atoms with E-state index in [-0.39, 0.29) is 16.2 Å². The van der Waals surface area contributed by atoms with Crippen LogP contribution in [0.25, 0.3) is 0 Å². The molecule has 3 N–H and O–H groups in total. The first-order valence-electron chi connectivity index (χ1n) is 6.58.